The van der Waals surface area contributed by atoms with Gasteiger partial charge in [-0.25, -0.2) is 0 Å². The van der Waals surface area contributed by atoms with Crippen LogP contribution in [0.25, 0.3) is 0 Å². The van der Waals surface area contributed by atoms with E-state index in [1.165, 1.54) is 0 Å². The van der Waals surface area contributed by atoms with Crippen molar-refractivity contribution in [2.24, 2.45) is 5.41 Å². The summed E-state index contributed by atoms with van der Waals surface area (Å²) >= 11 is 0. The van der Waals surface area contributed by atoms with E-state index in [0.717, 1.165) is 4.90 Å². The maximum Gasteiger partial charge on any atom is 0.262 e. The summed E-state index contributed by atoms with van der Waals surface area (Å²) in [4.78, 5) is 41.7. The van der Waals surface area contributed by atoms with Crippen LogP contribution in [-0.2, 0) is 4.79 Å². The van der Waals surface area contributed by atoms with E-state index < -0.39 is 11.5 Å². The van der Waals surface area contributed by atoms with Gasteiger partial charge in [0.25, 0.3) is 11.8 Å². The van der Waals surface area contributed by atoms with Crippen LogP contribution < -0.4 is 0 Å². The number of carbonyl (C=O) groups excluding carboxylic acids is 3. The molecule has 24 heavy (non-hydrogen) atoms. The number of hydrogen-bond acceptors (Lipinski definition) is 3. The van der Waals surface area contributed by atoms with Crippen molar-refractivity contribution >= 4 is 17.7 Å². The lowest BCUT2D eigenvalue weighted by molar-refractivity contribution is -0.140. The summed E-state index contributed by atoms with van der Waals surface area (Å²) in [7, 11) is 0. The van der Waals surface area contributed by atoms with Crippen LogP contribution in [0, 0.1) is 5.41 Å². The van der Waals surface area contributed by atoms with E-state index in [1.54, 1.807) is 29.2 Å². The molecule has 0 spiro atoms. The topological polar surface area (TPSA) is 57.7 Å². The van der Waals surface area contributed by atoms with Gasteiger partial charge in [-0.05, 0) is 38.3 Å². The number of likely N-dealkylation sites (N-methyl/N-ethyl adjacent to an activating group) is 1. The van der Waals surface area contributed by atoms with E-state index in [9.17, 15) is 14.4 Å². The average Bonchev–Trinajstić information content (AvgIpc) is 2.72. The minimum Gasteiger partial charge on any atom is -0.339 e. The Bertz CT molecular complexity index is 638. The third-order valence-electron chi connectivity index (χ3n) is 4.39. The molecule has 0 bridgehead atoms. The second kappa shape index (κ2) is 6.38. The number of rotatable bonds is 4. The monoisotopic (exact) mass is 330 g/mol. The number of hydrogen-bond donors (Lipinski definition) is 0. The number of fused-ring (bicyclic) bond motifs is 1. The van der Waals surface area contributed by atoms with Gasteiger partial charge >= 0.3 is 0 Å². The molecule has 0 saturated heterocycles. The largest absolute Gasteiger partial charge is 0.339 e. The second-order valence-electron chi connectivity index (χ2n) is 7.51. The molecule has 1 heterocycles. The molecule has 1 aromatic rings. The van der Waals surface area contributed by atoms with Gasteiger partial charge < -0.3 is 4.90 Å². The quantitative estimate of drug-likeness (QED) is 0.798. The maximum absolute atomic E-state index is 13.2. The minimum absolute atomic E-state index is 0.00234. The predicted octanol–water partition coefficient (Wildman–Crippen LogP) is 2.95. The highest BCUT2D eigenvalue weighted by atomic mass is 16.2. The van der Waals surface area contributed by atoms with Gasteiger partial charge in [-0.2, -0.15) is 0 Å². The lowest BCUT2D eigenvalue weighted by Gasteiger charge is -2.39. The Labute approximate surface area is 143 Å². The zero-order valence-electron chi connectivity index (χ0n) is 15.3. The maximum atomic E-state index is 13.2. The smallest absolute Gasteiger partial charge is 0.262 e. The second-order valence-corrected chi connectivity index (χ2v) is 7.51. The van der Waals surface area contributed by atoms with Gasteiger partial charge in [0.2, 0.25) is 5.91 Å². The SMILES string of the molecule is CCN(C(=O)[C@@H](N1C(=O)c2ccccc2C1=O)C(C)(C)C)C(C)C. The Morgan fingerprint density at radius 2 is 1.54 bits per heavy atom. The lowest BCUT2D eigenvalue weighted by atomic mass is 9.84. The Balaban J connectivity index is 2.50. The molecule has 5 heteroatoms. The average molecular weight is 330 g/mol. The van der Waals surface area contributed by atoms with Crippen LogP contribution in [0.15, 0.2) is 24.3 Å². The molecule has 130 valence electrons. The standard InChI is InChI=1S/C19H26N2O3/c1-7-20(12(2)3)18(24)15(19(4,5)6)21-16(22)13-10-8-9-11-14(13)17(21)23/h8-12,15H,7H2,1-6H3/t15-/m1/s1. The normalized spacial score (nSPS) is 15.7. The first-order valence-corrected chi connectivity index (χ1v) is 8.38. The van der Waals surface area contributed by atoms with Gasteiger partial charge in [-0.3, -0.25) is 19.3 Å². The molecule has 0 aromatic heterocycles. The van der Waals surface area contributed by atoms with Crippen molar-refractivity contribution in [3.05, 3.63) is 35.4 Å². The van der Waals surface area contributed by atoms with Crippen LogP contribution in [0.4, 0.5) is 0 Å². The van der Waals surface area contributed by atoms with Crippen molar-refractivity contribution in [2.45, 2.75) is 53.6 Å². The molecule has 0 aliphatic carbocycles. The first kappa shape index (κ1) is 18.2. The van der Waals surface area contributed by atoms with E-state index in [2.05, 4.69) is 0 Å². The van der Waals surface area contributed by atoms with Crippen LogP contribution >= 0.6 is 0 Å². The third-order valence-corrected chi connectivity index (χ3v) is 4.39. The van der Waals surface area contributed by atoms with Crippen LogP contribution in [-0.4, -0.2) is 46.1 Å². The van der Waals surface area contributed by atoms with Crippen LogP contribution in [0.3, 0.4) is 0 Å². The minimum atomic E-state index is -0.827. The van der Waals surface area contributed by atoms with Gasteiger partial charge in [-0.15, -0.1) is 0 Å². The lowest BCUT2D eigenvalue weighted by Crippen LogP contribution is -2.57. The van der Waals surface area contributed by atoms with Crippen LogP contribution in [0.1, 0.15) is 62.3 Å². The molecule has 0 N–H and O–H groups in total. The fraction of sp³-hybridized carbons (Fsp3) is 0.526. The number of carbonyl (C=O) groups is 3. The zero-order valence-corrected chi connectivity index (χ0v) is 15.3. The highest BCUT2D eigenvalue weighted by Gasteiger charge is 2.48. The molecule has 3 amide bonds. The van der Waals surface area contributed by atoms with Crippen LogP contribution in [0.5, 0.6) is 0 Å². The van der Waals surface area contributed by atoms with Crippen molar-refractivity contribution < 1.29 is 14.4 Å². The first-order valence-electron chi connectivity index (χ1n) is 8.38. The molecule has 0 unspecified atom stereocenters. The Morgan fingerprint density at radius 1 is 1.08 bits per heavy atom. The summed E-state index contributed by atoms with van der Waals surface area (Å²) in [6, 6.07) is 5.91. The molecular weight excluding hydrogens is 304 g/mol. The molecule has 1 aromatic carbocycles. The number of amides is 3. The highest BCUT2D eigenvalue weighted by molar-refractivity contribution is 6.22. The molecule has 2 rings (SSSR count). The van der Waals surface area contributed by atoms with Crippen molar-refractivity contribution in [1.82, 2.24) is 9.80 Å². The summed E-state index contributed by atoms with van der Waals surface area (Å²) in [6.45, 7) is 12.0. The van der Waals surface area contributed by atoms with Crippen molar-refractivity contribution in [2.75, 3.05) is 6.54 Å². The van der Waals surface area contributed by atoms with Crippen molar-refractivity contribution in [3.8, 4) is 0 Å². The van der Waals surface area contributed by atoms with Gasteiger partial charge in [-0.1, -0.05) is 32.9 Å². The molecule has 1 aliphatic rings. The van der Waals surface area contributed by atoms with Gasteiger partial charge in [0.15, 0.2) is 0 Å². The van der Waals surface area contributed by atoms with Crippen LogP contribution in [0.2, 0.25) is 0 Å². The number of nitrogens with zero attached hydrogens (tertiary/aromatic N) is 2. The fourth-order valence-electron chi connectivity index (χ4n) is 3.24. The summed E-state index contributed by atoms with van der Waals surface area (Å²) in [5.74, 6) is -0.957. The van der Waals surface area contributed by atoms with Gasteiger partial charge in [0.05, 0.1) is 11.1 Å². The highest BCUT2D eigenvalue weighted by Crippen LogP contribution is 2.33. The predicted molar refractivity (Wildman–Crippen MR) is 92.7 cm³/mol. The van der Waals surface area contributed by atoms with E-state index >= 15 is 0 Å². The van der Waals surface area contributed by atoms with E-state index in [4.69, 9.17) is 0 Å². The Hall–Kier alpha value is -2.17. The molecule has 5 nitrogen and oxygen atoms in total. The Kier molecular flexibility index (Phi) is 4.83. The number of imide groups is 1. The molecule has 1 atom stereocenters. The van der Waals surface area contributed by atoms with E-state index in [1.807, 2.05) is 41.5 Å². The molecular formula is C19H26N2O3. The molecule has 0 radical (unpaired) electrons. The van der Waals surface area contributed by atoms with Crippen molar-refractivity contribution in [1.29, 1.82) is 0 Å². The molecule has 0 saturated carbocycles. The first-order chi connectivity index (χ1) is 11.1. The molecule has 0 fully saturated rings. The summed E-state index contributed by atoms with van der Waals surface area (Å²) in [6.07, 6.45) is 0. The zero-order chi connectivity index (χ0) is 18.2. The van der Waals surface area contributed by atoms with E-state index in [0.29, 0.717) is 17.7 Å². The van der Waals surface area contributed by atoms with Gasteiger partial charge in [0, 0.05) is 12.6 Å². The fourth-order valence-corrected chi connectivity index (χ4v) is 3.24. The summed E-state index contributed by atoms with van der Waals surface area (Å²) < 4.78 is 0. The molecule has 1 aliphatic heterocycles. The Morgan fingerprint density at radius 3 is 1.88 bits per heavy atom. The summed E-state index contributed by atoms with van der Waals surface area (Å²) in [5.41, 5.74) is 0.182. The summed E-state index contributed by atoms with van der Waals surface area (Å²) in [5, 5.41) is 0. The van der Waals surface area contributed by atoms with Crippen molar-refractivity contribution in [3.63, 3.8) is 0 Å². The number of benzene rings is 1. The van der Waals surface area contributed by atoms with Gasteiger partial charge in [0.1, 0.15) is 6.04 Å². The van der Waals surface area contributed by atoms with E-state index in [-0.39, 0.29) is 23.8 Å². The third kappa shape index (κ3) is 2.95.